The first-order valence-electron chi connectivity index (χ1n) is 6.41. The zero-order chi connectivity index (χ0) is 15.8. The second-order valence-electron chi connectivity index (χ2n) is 4.28. The first kappa shape index (κ1) is 17.0. The van der Waals surface area contributed by atoms with Crippen molar-refractivity contribution in [1.82, 2.24) is 10.6 Å². The average molecular weight is 309 g/mol. The molecule has 3 N–H and O–H groups in total. The molecule has 6 heteroatoms. The van der Waals surface area contributed by atoms with Crippen molar-refractivity contribution in [3.8, 4) is 11.8 Å². The van der Waals surface area contributed by atoms with Crippen molar-refractivity contribution in [3.63, 3.8) is 0 Å². The van der Waals surface area contributed by atoms with Crippen molar-refractivity contribution in [1.29, 1.82) is 0 Å². The van der Waals surface area contributed by atoms with Gasteiger partial charge in [-0.2, -0.15) is 0 Å². The number of rotatable bonds is 4. The van der Waals surface area contributed by atoms with Crippen LogP contribution in [0.5, 0.6) is 0 Å². The molecule has 0 saturated carbocycles. The minimum Gasteiger partial charge on any atom is -0.395 e. The van der Waals surface area contributed by atoms with Gasteiger partial charge in [-0.3, -0.25) is 9.59 Å². The Morgan fingerprint density at radius 1 is 1.43 bits per heavy atom. The smallest absolute Gasteiger partial charge is 0.251 e. The standard InChI is InChI=1S/C15H17ClN2O3/c1-10(14(20)17-2)18-15(21)12-7-6-11(13(16)9-12)5-3-4-8-19/h6-7,9-10,19H,4,8H2,1-2H3,(H,17,20)(H,18,21). The third-order valence-electron chi connectivity index (χ3n) is 2.68. The highest BCUT2D eigenvalue weighted by Crippen LogP contribution is 2.17. The maximum absolute atomic E-state index is 12.0. The van der Waals surface area contributed by atoms with Crippen LogP contribution in [0.25, 0.3) is 0 Å². The second-order valence-corrected chi connectivity index (χ2v) is 4.69. The van der Waals surface area contributed by atoms with Gasteiger partial charge in [-0.1, -0.05) is 23.4 Å². The number of likely N-dealkylation sites (N-methyl/N-ethyl adjacent to an activating group) is 1. The highest BCUT2D eigenvalue weighted by atomic mass is 35.5. The Labute approximate surface area is 128 Å². The first-order chi connectivity index (χ1) is 9.99. The van der Waals surface area contributed by atoms with Crippen molar-refractivity contribution < 1.29 is 14.7 Å². The van der Waals surface area contributed by atoms with E-state index in [9.17, 15) is 9.59 Å². The molecule has 1 atom stereocenters. The van der Waals surface area contributed by atoms with Crippen LogP contribution in [0.3, 0.4) is 0 Å². The zero-order valence-electron chi connectivity index (χ0n) is 11.9. The van der Waals surface area contributed by atoms with Crippen LogP contribution in [0.4, 0.5) is 0 Å². The van der Waals surface area contributed by atoms with Crippen LogP contribution in [0.2, 0.25) is 5.02 Å². The fraction of sp³-hybridized carbons (Fsp3) is 0.333. The molecule has 0 aromatic heterocycles. The molecule has 2 amide bonds. The first-order valence-corrected chi connectivity index (χ1v) is 6.79. The number of aliphatic hydroxyl groups excluding tert-OH is 1. The molecule has 112 valence electrons. The van der Waals surface area contributed by atoms with Crippen LogP contribution in [0, 0.1) is 11.8 Å². The van der Waals surface area contributed by atoms with Gasteiger partial charge in [0.15, 0.2) is 0 Å². The number of carbonyl (C=O) groups is 2. The van der Waals surface area contributed by atoms with Gasteiger partial charge in [0.25, 0.3) is 5.91 Å². The Balaban J connectivity index is 2.82. The molecule has 0 radical (unpaired) electrons. The molecule has 0 aliphatic carbocycles. The molecule has 1 rings (SSSR count). The summed E-state index contributed by atoms with van der Waals surface area (Å²) in [6.45, 7) is 1.58. The quantitative estimate of drug-likeness (QED) is 0.724. The summed E-state index contributed by atoms with van der Waals surface area (Å²) >= 11 is 6.05. The van der Waals surface area contributed by atoms with E-state index in [2.05, 4.69) is 22.5 Å². The summed E-state index contributed by atoms with van der Waals surface area (Å²) in [5.74, 6) is 4.90. The predicted molar refractivity (Wildman–Crippen MR) is 81.0 cm³/mol. The van der Waals surface area contributed by atoms with Gasteiger partial charge in [0.2, 0.25) is 5.91 Å². The summed E-state index contributed by atoms with van der Waals surface area (Å²) in [5, 5.41) is 14.0. The molecule has 0 fully saturated rings. The Morgan fingerprint density at radius 3 is 2.71 bits per heavy atom. The lowest BCUT2D eigenvalue weighted by molar-refractivity contribution is -0.122. The average Bonchev–Trinajstić information content (AvgIpc) is 2.47. The molecule has 0 bridgehead atoms. The predicted octanol–water partition coefficient (Wildman–Crippen LogP) is 0.938. The molecule has 1 unspecified atom stereocenters. The van der Waals surface area contributed by atoms with Crippen molar-refractivity contribution in [2.45, 2.75) is 19.4 Å². The van der Waals surface area contributed by atoms with Gasteiger partial charge < -0.3 is 15.7 Å². The van der Waals surface area contributed by atoms with Gasteiger partial charge in [0, 0.05) is 24.6 Å². The van der Waals surface area contributed by atoms with E-state index >= 15 is 0 Å². The number of amides is 2. The number of carbonyl (C=O) groups excluding carboxylic acids is 2. The van der Waals surface area contributed by atoms with Crippen LogP contribution >= 0.6 is 11.6 Å². The van der Waals surface area contributed by atoms with Gasteiger partial charge in [0.05, 0.1) is 11.6 Å². The number of hydrogen-bond donors (Lipinski definition) is 3. The van der Waals surface area contributed by atoms with E-state index in [1.165, 1.54) is 13.1 Å². The topological polar surface area (TPSA) is 78.4 Å². The van der Waals surface area contributed by atoms with Crippen molar-refractivity contribution in [2.24, 2.45) is 0 Å². The van der Waals surface area contributed by atoms with Gasteiger partial charge in [-0.25, -0.2) is 0 Å². The lowest BCUT2D eigenvalue weighted by atomic mass is 10.1. The van der Waals surface area contributed by atoms with E-state index in [0.29, 0.717) is 22.6 Å². The Kier molecular flexibility index (Phi) is 6.73. The monoisotopic (exact) mass is 308 g/mol. The Bertz CT molecular complexity index is 590. The largest absolute Gasteiger partial charge is 0.395 e. The zero-order valence-corrected chi connectivity index (χ0v) is 12.6. The minimum atomic E-state index is -0.634. The van der Waals surface area contributed by atoms with E-state index in [1.54, 1.807) is 19.1 Å². The SMILES string of the molecule is CNC(=O)C(C)NC(=O)c1ccc(C#CCCO)c(Cl)c1. The molecule has 0 aliphatic heterocycles. The molecule has 1 aromatic carbocycles. The van der Waals surface area contributed by atoms with Crippen molar-refractivity contribution in [3.05, 3.63) is 34.3 Å². The van der Waals surface area contributed by atoms with Crippen molar-refractivity contribution in [2.75, 3.05) is 13.7 Å². The molecule has 0 saturated heterocycles. The molecule has 1 aromatic rings. The van der Waals surface area contributed by atoms with E-state index in [1.807, 2.05) is 0 Å². The fourth-order valence-corrected chi connectivity index (χ4v) is 1.76. The van der Waals surface area contributed by atoms with Gasteiger partial charge >= 0.3 is 0 Å². The van der Waals surface area contributed by atoms with E-state index in [-0.39, 0.29) is 18.4 Å². The highest BCUT2D eigenvalue weighted by molar-refractivity contribution is 6.32. The summed E-state index contributed by atoms with van der Waals surface area (Å²) in [5.41, 5.74) is 0.935. The van der Waals surface area contributed by atoms with Crippen LogP contribution in [0.15, 0.2) is 18.2 Å². The lowest BCUT2D eigenvalue weighted by Gasteiger charge is -2.12. The highest BCUT2D eigenvalue weighted by Gasteiger charge is 2.15. The third-order valence-corrected chi connectivity index (χ3v) is 2.99. The molecular weight excluding hydrogens is 292 g/mol. The van der Waals surface area contributed by atoms with Gasteiger partial charge in [-0.05, 0) is 25.1 Å². The van der Waals surface area contributed by atoms with Crippen molar-refractivity contribution >= 4 is 23.4 Å². The second kappa shape index (κ2) is 8.30. The Morgan fingerprint density at radius 2 is 2.14 bits per heavy atom. The maximum Gasteiger partial charge on any atom is 0.251 e. The molecule has 0 aliphatic rings. The molecule has 0 spiro atoms. The number of aliphatic hydroxyl groups is 1. The van der Waals surface area contributed by atoms with Gasteiger partial charge in [0.1, 0.15) is 6.04 Å². The Hall–Kier alpha value is -2.03. The maximum atomic E-state index is 12.0. The van der Waals surface area contributed by atoms with Crippen LogP contribution in [-0.4, -0.2) is 36.6 Å². The molecule has 0 heterocycles. The number of hydrogen-bond acceptors (Lipinski definition) is 3. The summed E-state index contributed by atoms with van der Waals surface area (Å²) < 4.78 is 0. The molecule has 5 nitrogen and oxygen atoms in total. The van der Waals surface area contributed by atoms with E-state index in [0.717, 1.165) is 0 Å². The number of nitrogens with one attached hydrogen (secondary N) is 2. The third kappa shape index (κ3) is 5.10. The normalized spacial score (nSPS) is 11.0. The molecular formula is C15H17ClN2O3. The van der Waals surface area contributed by atoms with E-state index < -0.39 is 6.04 Å². The van der Waals surface area contributed by atoms with Crippen LogP contribution in [0.1, 0.15) is 29.3 Å². The van der Waals surface area contributed by atoms with Crippen LogP contribution in [-0.2, 0) is 4.79 Å². The summed E-state index contributed by atoms with van der Waals surface area (Å²) in [6.07, 6.45) is 0.363. The van der Waals surface area contributed by atoms with Crippen LogP contribution < -0.4 is 10.6 Å². The number of halogens is 1. The minimum absolute atomic E-state index is 0.0114. The van der Waals surface area contributed by atoms with E-state index in [4.69, 9.17) is 16.7 Å². The van der Waals surface area contributed by atoms with Gasteiger partial charge in [-0.15, -0.1) is 0 Å². The lowest BCUT2D eigenvalue weighted by Crippen LogP contribution is -2.43. The fourth-order valence-electron chi connectivity index (χ4n) is 1.53. The summed E-state index contributed by atoms with van der Waals surface area (Å²) in [6, 6.07) is 4.08. The molecule has 21 heavy (non-hydrogen) atoms. The number of benzene rings is 1. The summed E-state index contributed by atoms with van der Waals surface area (Å²) in [7, 11) is 1.50. The summed E-state index contributed by atoms with van der Waals surface area (Å²) in [4.78, 5) is 23.3.